The van der Waals surface area contributed by atoms with Crippen molar-refractivity contribution in [2.45, 2.75) is 20.8 Å². The maximum atomic E-state index is 9.77. The zero-order valence-corrected chi connectivity index (χ0v) is 6.51. The topological polar surface area (TPSA) is 29.4 Å². The average Bonchev–Trinajstić information content (AvgIpc) is 1.89. The minimum absolute atomic E-state index is 0.716. The summed E-state index contributed by atoms with van der Waals surface area (Å²) in [5, 5.41) is 0. The van der Waals surface area contributed by atoms with Gasteiger partial charge in [0.2, 0.25) is 6.08 Å². The fourth-order valence-electron chi connectivity index (χ4n) is 0.527. The van der Waals surface area contributed by atoms with Crippen molar-refractivity contribution in [1.29, 1.82) is 0 Å². The Labute approximate surface area is 61.0 Å². The van der Waals surface area contributed by atoms with Crippen molar-refractivity contribution < 1.29 is 4.79 Å². The Balaban J connectivity index is 4.49. The molecule has 0 heterocycles. The van der Waals surface area contributed by atoms with Crippen LogP contribution in [0.3, 0.4) is 0 Å². The van der Waals surface area contributed by atoms with Gasteiger partial charge >= 0.3 is 0 Å². The fourth-order valence-corrected chi connectivity index (χ4v) is 0.527. The number of hydrogen-bond donors (Lipinski definition) is 0. The summed E-state index contributed by atoms with van der Waals surface area (Å²) in [6, 6.07) is 0. The smallest absolute Gasteiger partial charge is 0.211 e. The standard InChI is InChI=1S/C8H11NO/c1-4-5-7(2)8(3)9-6-10/h4-5H,1-3H3/b5-4-,8-7+. The fraction of sp³-hybridized carbons (Fsp3) is 0.375. The number of rotatable bonds is 2. The first-order valence-corrected chi connectivity index (χ1v) is 3.10. The average molecular weight is 137 g/mol. The predicted molar refractivity (Wildman–Crippen MR) is 41.3 cm³/mol. The monoisotopic (exact) mass is 137 g/mol. The lowest BCUT2D eigenvalue weighted by atomic mass is 10.2. The molecule has 10 heavy (non-hydrogen) atoms. The van der Waals surface area contributed by atoms with Crippen LogP contribution in [0.5, 0.6) is 0 Å². The third-order valence-corrected chi connectivity index (χ3v) is 1.20. The molecule has 2 nitrogen and oxygen atoms in total. The molecule has 0 amide bonds. The lowest BCUT2D eigenvalue weighted by Gasteiger charge is -1.91. The van der Waals surface area contributed by atoms with Crippen LogP contribution >= 0.6 is 0 Å². The number of allylic oxidation sites excluding steroid dienone is 4. The van der Waals surface area contributed by atoms with Crippen molar-refractivity contribution in [3.8, 4) is 0 Å². The van der Waals surface area contributed by atoms with Gasteiger partial charge in [0.1, 0.15) is 0 Å². The van der Waals surface area contributed by atoms with Crippen LogP contribution in [-0.4, -0.2) is 6.08 Å². The van der Waals surface area contributed by atoms with E-state index in [9.17, 15) is 4.79 Å². The summed E-state index contributed by atoms with van der Waals surface area (Å²) in [5.74, 6) is 0. The minimum Gasteiger partial charge on any atom is -0.211 e. The second kappa shape index (κ2) is 4.71. The second-order valence-electron chi connectivity index (χ2n) is 1.97. The van der Waals surface area contributed by atoms with Gasteiger partial charge in [-0.05, 0) is 26.3 Å². The molecule has 0 rings (SSSR count). The Hall–Kier alpha value is -1.14. The highest BCUT2D eigenvalue weighted by molar-refractivity contribution is 5.38. The van der Waals surface area contributed by atoms with Gasteiger partial charge in [-0.3, -0.25) is 0 Å². The molecule has 0 aromatic heterocycles. The molecule has 54 valence electrons. The molecule has 0 aliphatic carbocycles. The number of carbonyl (C=O) groups excluding carboxylic acids is 1. The van der Waals surface area contributed by atoms with Crippen LogP contribution in [0.1, 0.15) is 20.8 Å². The molecule has 0 fully saturated rings. The van der Waals surface area contributed by atoms with E-state index in [2.05, 4.69) is 4.99 Å². The molecule has 2 heteroatoms. The van der Waals surface area contributed by atoms with Gasteiger partial charge in [-0.25, -0.2) is 4.79 Å². The second-order valence-corrected chi connectivity index (χ2v) is 1.97. The van der Waals surface area contributed by atoms with Crippen molar-refractivity contribution in [3.05, 3.63) is 23.4 Å². The third kappa shape index (κ3) is 3.00. The first kappa shape index (κ1) is 8.86. The normalized spacial score (nSPS) is 12.7. The first-order valence-electron chi connectivity index (χ1n) is 3.10. The summed E-state index contributed by atoms with van der Waals surface area (Å²) in [7, 11) is 0. The van der Waals surface area contributed by atoms with E-state index < -0.39 is 0 Å². The quantitative estimate of drug-likeness (QED) is 0.326. The van der Waals surface area contributed by atoms with Crippen LogP contribution in [0.25, 0.3) is 0 Å². The van der Waals surface area contributed by atoms with Crippen LogP contribution in [0.4, 0.5) is 0 Å². The third-order valence-electron chi connectivity index (χ3n) is 1.20. The van der Waals surface area contributed by atoms with Gasteiger partial charge in [-0.1, -0.05) is 12.2 Å². The summed E-state index contributed by atoms with van der Waals surface area (Å²) in [4.78, 5) is 13.2. The van der Waals surface area contributed by atoms with E-state index in [0.717, 1.165) is 5.57 Å². The number of aliphatic imine (C=N–C) groups is 1. The van der Waals surface area contributed by atoms with E-state index in [1.54, 1.807) is 6.92 Å². The molecule has 0 atom stereocenters. The van der Waals surface area contributed by atoms with E-state index in [4.69, 9.17) is 0 Å². The maximum Gasteiger partial charge on any atom is 0.240 e. The van der Waals surface area contributed by atoms with Gasteiger partial charge in [-0.2, -0.15) is 4.99 Å². The molecule has 0 saturated carbocycles. The molecule has 0 aromatic carbocycles. The molecule has 0 aliphatic rings. The SMILES string of the molecule is C/C=C\C(C)=C(/C)N=C=O. The van der Waals surface area contributed by atoms with E-state index in [-0.39, 0.29) is 0 Å². The molecular formula is C8H11NO. The zero-order chi connectivity index (χ0) is 7.98. The minimum atomic E-state index is 0.716. The van der Waals surface area contributed by atoms with Crippen molar-refractivity contribution in [2.75, 3.05) is 0 Å². The molecule has 0 aromatic rings. The van der Waals surface area contributed by atoms with Crippen LogP contribution in [0, 0.1) is 0 Å². The Kier molecular flexibility index (Phi) is 4.17. The van der Waals surface area contributed by atoms with E-state index in [1.807, 2.05) is 26.0 Å². The Morgan fingerprint density at radius 2 is 2.10 bits per heavy atom. The number of nitrogens with zero attached hydrogens (tertiary/aromatic N) is 1. The molecule has 0 bridgehead atoms. The maximum absolute atomic E-state index is 9.77. The molecule has 0 saturated heterocycles. The summed E-state index contributed by atoms with van der Waals surface area (Å²) in [6.45, 7) is 5.60. The Morgan fingerprint density at radius 3 is 2.50 bits per heavy atom. The van der Waals surface area contributed by atoms with Gasteiger partial charge in [0.25, 0.3) is 0 Å². The predicted octanol–water partition coefficient (Wildman–Crippen LogP) is 2.19. The van der Waals surface area contributed by atoms with Gasteiger partial charge in [0.15, 0.2) is 0 Å². The highest BCUT2D eigenvalue weighted by Gasteiger charge is 1.87. The van der Waals surface area contributed by atoms with Gasteiger partial charge < -0.3 is 0 Å². The zero-order valence-electron chi connectivity index (χ0n) is 6.51. The van der Waals surface area contributed by atoms with Crippen molar-refractivity contribution in [2.24, 2.45) is 4.99 Å². The summed E-state index contributed by atoms with van der Waals surface area (Å²) in [5.41, 5.74) is 1.71. The highest BCUT2D eigenvalue weighted by Crippen LogP contribution is 2.04. The summed E-state index contributed by atoms with van der Waals surface area (Å²) >= 11 is 0. The number of isocyanates is 1. The molecule has 0 N–H and O–H groups in total. The van der Waals surface area contributed by atoms with E-state index >= 15 is 0 Å². The van der Waals surface area contributed by atoms with Crippen molar-refractivity contribution in [3.63, 3.8) is 0 Å². The van der Waals surface area contributed by atoms with Crippen LogP contribution in [-0.2, 0) is 4.79 Å². The summed E-state index contributed by atoms with van der Waals surface area (Å²) < 4.78 is 0. The Morgan fingerprint density at radius 1 is 1.50 bits per heavy atom. The number of hydrogen-bond acceptors (Lipinski definition) is 2. The molecule has 0 radical (unpaired) electrons. The largest absolute Gasteiger partial charge is 0.240 e. The van der Waals surface area contributed by atoms with Crippen LogP contribution in [0.2, 0.25) is 0 Å². The molecular weight excluding hydrogens is 126 g/mol. The van der Waals surface area contributed by atoms with Crippen LogP contribution < -0.4 is 0 Å². The molecule has 0 aliphatic heterocycles. The lowest BCUT2D eigenvalue weighted by molar-refractivity contribution is 0.564. The van der Waals surface area contributed by atoms with Gasteiger partial charge in [-0.15, -0.1) is 0 Å². The van der Waals surface area contributed by atoms with E-state index in [1.165, 1.54) is 6.08 Å². The highest BCUT2D eigenvalue weighted by atomic mass is 16.1. The summed E-state index contributed by atoms with van der Waals surface area (Å²) in [6.07, 6.45) is 5.29. The lowest BCUT2D eigenvalue weighted by Crippen LogP contribution is -1.74. The van der Waals surface area contributed by atoms with Crippen molar-refractivity contribution in [1.82, 2.24) is 0 Å². The van der Waals surface area contributed by atoms with Crippen LogP contribution in [0.15, 0.2) is 28.4 Å². The molecule has 0 spiro atoms. The van der Waals surface area contributed by atoms with Gasteiger partial charge in [0.05, 0.1) is 5.70 Å². The van der Waals surface area contributed by atoms with E-state index in [0.29, 0.717) is 5.70 Å². The molecule has 0 unspecified atom stereocenters. The first-order chi connectivity index (χ1) is 4.72. The van der Waals surface area contributed by atoms with Gasteiger partial charge in [0, 0.05) is 0 Å². The Bertz CT molecular complexity index is 207. The van der Waals surface area contributed by atoms with Crippen molar-refractivity contribution >= 4 is 6.08 Å².